The molecule has 1 saturated heterocycles. The summed E-state index contributed by atoms with van der Waals surface area (Å²) in [4.78, 5) is 23.7. The van der Waals surface area contributed by atoms with Gasteiger partial charge in [0, 0.05) is 24.0 Å². The molecule has 0 spiro atoms. The van der Waals surface area contributed by atoms with Crippen molar-refractivity contribution >= 4 is 11.9 Å². The molecule has 3 aromatic carbocycles. The molecule has 0 saturated carbocycles. The topological polar surface area (TPSA) is 108 Å². The van der Waals surface area contributed by atoms with Crippen LogP contribution in [-0.4, -0.2) is 65.0 Å². The van der Waals surface area contributed by atoms with Crippen molar-refractivity contribution in [2.75, 3.05) is 53.0 Å². The standard InChI is InChI=1S/C36H42O10/c1-4-34(37)43-22-27(2)21-42-30-9-7-28(8-10-30)35(38)46-33-17-15-32(16-18-33)45-26-44-31-13-11-29(12-14-31)41-20-6-5-19-39-23-36(3)24-40-25-36/h4,7-18,27H,1,5-6,19-26H2,2-3H3. The molecule has 0 aliphatic carbocycles. The van der Waals surface area contributed by atoms with Gasteiger partial charge in [-0.15, -0.1) is 0 Å². The molecule has 0 N–H and O–H groups in total. The number of carbonyl (C=O) groups excluding carboxylic acids is 2. The van der Waals surface area contributed by atoms with Crippen molar-refractivity contribution in [3.63, 3.8) is 0 Å². The van der Waals surface area contributed by atoms with Gasteiger partial charge in [0.05, 0.1) is 45.2 Å². The van der Waals surface area contributed by atoms with Gasteiger partial charge in [-0.2, -0.15) is 0 Å². The SMILES string of the molecule is C=CC(=O)OCC(C)COc1ccc(C(=O)Oc2ccc(OCOc3ccc(OCCCCOCC4(C)COC4)cc3)cc2)cc1. The number of hydrogen-bond acceptors (Lipinski definition) is 10. The first-order valence-corrected chi connectivity index (χ1v) is 15.3. The number of carbonyl (C=O) groups is 2. The Balaban J connectivity index is 1.08. The second-order valence-electron chi connectivity index (χ2n) is 11.4. The van der Waals surface area contributed by atoms with Gasteiger partial charge in [-0.3, -0.25) is 0 Å². The highest BCUT2D eigenvalue weighted by Gasteiger charge is 2.33. The van der Waals surface area contributed by atoms with E-state index in [0.29, 0.717) is 41.8 Å². The molecule has 0 bridgehead atoms. The number of rotatable bonds is 20. The second-order valence-corrected chi connectivity index (χ2v) is 11.4. The molecule has 3 aromatic rings. The highest BCUT2D eigenvalue weighted by Crippen LogP contribution is 2.26. The Kier molecular flexibility index (Phi) is 13.3. The lowest BCUT2D eigenvalue weighted by Crippen LogP contribution is -2.43. The van der Waals surface area contributed by atoms with E-state index in [-0.39, 0.29) is 24.7 Å². The normalized spacial score (nSPS) is 13.9. The zero-order chi connectivity index (χ0) is 32.6. The minimum atomic E-state index is -0.501. The van der Waals surface area contributed by atoms with E-state index >= 15 is 0 Å². The lowest BCUT2D eigenvalue weighted by molar-refractivity contribution is -0.139. The number of benzene rings is 3. The van der Waals surface area contributed by atoms with Crippen LogP contribution in [0.25, 0.3) is 0 Å². The van der Waals surface area contributed by atoms with Crippen LogP contribution in [0.5, 0.6) is 28.7 Å². The van der Waals surface area contributed by atoms with Crippen molar-refractivity contribution in [1.82, 2.24) is 0 Å². The summed E-state index contributed by atoms with van der Waals surface area (Å²) in [5.41, 5.74) is 0.564. The molecule has 1 atom stereocenters. The first-order chi connectivity index (χ1) is 22.3. The van der Waals surface area contributed by atoms with Gasteiger partial charge in [0.1, 0.15) is 28.7 Å². The molecule has 246 valence electrons. The van der Waals surface area contributed by atoms with Crippen LogP contribution in [-0.2, 0) is 19.0 Å². The Labute approximate surface area is 270 Å². The van der Waals surface area contributed by atoms with Gasteiger partial charge in [-0.25, -0.2) is 9.59 Å². The highest BCUT2D eigenvalue weighted by atomic mass is 16.7. The van der Waals surface area contributed by atoms with E-state index < -0.39 is 11.9 Å². The number of ether oxygens (including phenoxy) is 8. The Morgan fingerprint density at radius 1 is 0.783 bits per heavy atom. The molecule has 46 heavy (non-hydrogen) atoms. The molecule has 1 aliphatic heterocycles. The van der Waals surface area contributed by atoms with Crippen molar-refractivity contribution in [3.05, 3.63) is 91.0 Å². The molecule has 4 rings (SSSR count). The van der Waals surface area contributed by atoms with E-state index in [1.54, 1.807) is 48.5 Å². The van der Waals surface area contributed by atoms with Gasteiger partial charge in [-0.1, -0.05) is 20.4 Å². The van der Waals surface area contributed by atoms with E-state index in [1.807, 2.05) is 31.2 Å². The Morgan fingerprint density at radius 2 is 1.33 bits per heavy atom. The third kappa shape index (κ3) is 11.8. The highest BCUT2D eigenvalue weighted by molar-refractivity contribution is 5.91. The predicted molar refractivity (Wildman–Crippen MR) is 171 cm³/mol. The van der Waals surface area contributed by atoms with Crippen LogP contribution >= 0.6 is 0 Å². The predicted octanol–water partition coefficient (Wildman–Crippen LogP) is 6.28. The minimum Gasteiger partial charge on any atom is -0.494 e. The monoisotopic (exact) mass is 634 g/mol. The number of hydrogen-bond donors (Lipinski definition) is 0. The summed E-state index contributed by atoms with van der Waals surface area (Å²) in [6, 6.07) is 20.7. The zero-order valence-corrected chi connectivity index (χ0v) is 26.4. The van der Waals surface area contributed by atoms with Crippen LogP contribution in [0.3, 0.4) is 0 Å². The smallest absolute Gasteiger partial charge is 0.343 e. The molecule has 0 amide bonds. The van der Waals surface area contributed by atoms with E-state index in [4.69, 9.17) is 37.9 Å². The summed E-state index contributed by atoms with van der Waals surface area (Å²) in [7, 11) is 0. The van der Waals surface area contributed by atoms with Crippen LogP contribution < -0.4 is 23.7 Å². The third-order valence-corrected chi connectivity index (χ3v) is 6.91. The molecule has 1 aliphatic rings. The van der Waals surface area contributed by atoms with Crippen molar-refractivity contribution in [2.45, 2.75) is 26.7 Å². The molecule has 1 unspecified atom stereocenters. The van der Waals surface area contributed by atoms with Crippen molar-refractivity contribution in [2.24, 2.45) is 11.3 Å². The molecule has 10 nitrogen and oxygen atoms in total. The van der Waals surface area contributed by atoms with Gasteiger partial charge in [-0.05, 0) is 85.6 Å². The van der Waals surface area contributed by atoms with Crippen LogP contribution in [0.4, 0.5) is 0 Å². The molecule has 10 heteroatoms. The third-order valence-electron chi connectivity index (χ3n) is 6.91. The fourth-order valence-corrected chi connectivity index (χ4v) is 4.17. The molecular formula is C36H42O10. The average molecular weight is 635 g/mol. The van der Waals surface area contributed by atoms with Gasteiger partial charge in [0.25, 0.3) is 0 Å². The molecule has 1 heterocycles. The lowest BCUT2D eigenvalue weighted by Gasteiger charge is -2.37. The van der Waals surface area contributed by atoms with Gasteiger partial charge >= 0.3 is 11.9 Å². The quantitative estimate of drug-likeness (QED) is 0.0464. The van der Waals surface area contributed by atoms with Gasteiger partial charge < -0.3 is 37.9 Å². The second kappa shape index (κ2) is 17.8. The van der Waals surface area contributed by atoms with E-state index in [2.05, 4.69) is 13.5 Å². The molecule has 1 fully saturated rings. The molecular weight excluding hydrogens is 592 g/mol. The Hall–Kier alpha value is -4.54. The summed E-state index contributed by atoms with van der Waals surface area (Å²) in [5.74, 6) is 1.98. The largest absolute Gasteiger partial charge is 0.494 e. The molecule has 0 aromatic heterocycles. The van der Waals surface area contributed by atoms with Crippen molar-refractivity contribution in [1.29, 1.82) is 0 Å². The fourth-order valence-electron chi connectivity index (χ4n) is 4.17. The van der Waals surface area contributed by atoms with Gasteiger partial charge in [0.2, 0.25) is 6.79 Å². The Bertz CT molecular complexity index is 1370. The first kappa shape index (κ1) is 34.3. The maximum Gasteiger partial charge on any atom is 0.343 e. The summed E-state index contributed by atoms with van der Waals surface area (Å²) >= 11 is 0. The summed E-state index contributed by atoms with van der Waals surface area (Å²) < 4.78 is 44.3. The zero-order valence-electron chi connectivity index (χ0n) is 26.4. The number of esters is 2. The number of unbranched alkanes of at least 4 members (excludes halogenated alkanes) is 1. The minimum absolute atomic E-state index is 0.00722. The van der Waals surface area contributed by atoms with Crippen LogP contribution in [0.1, 0.15) is 37.0 Å². The first-order valence-electron chi connectivity index (χ1n) is 15.3. The van der Waals surface area contributed by atoms with Crippen LogP contribution in [0.15, 0.2) is 85.5 Å². The Morgan fingerprint density at radius 3 is 1.91 bits per heavy atom. The summed E-state index contributed by atoms with van der Waals surface area (Å²) in [6.45, 7) is 11.7. The van der Waals surface area contributed by atoms with Crippen molar-refractivity contribution < 1.29 is 47.5 Å². The molecule has 0 radical (unpaired) electrons. The van der Waals surface area contributed by atoms with Crippen LogP contribution in [0, 0.1) is 11.3 Å². The summed E-state index contributed by atoms with van der Waals surface area (Å²) in [6.07, 6.45) is 2.98. The van der Waals surface area contributed by atoms with E-state index in [9.17, 15) is 9.59 Å². The van der Waals surface area contributed by atoms with Crippen molar-refractivity contribution in [3.8, 4) is 28.7 Å². The maximum atomic E-state index is 12.6. The lowest BCUT2D eigenvalue weighted by atomic mass is 9.90. The van der Waals surface area contributed by atoms with E-state index in [1.165, 1.54) is 0 Å². The summed E-state index contributed by atoms with van der Waals surface area (Å²) in [5, 5.41) is 0. The van der Waals surface area contributed by atoms with E-state index in [0.717, 1.165) is 51.1 Å². The average Bonchev–Trinajstić information content (AvgIpc) is 3.06. The maximum absolute atomic E-state index is 12.6. The fraction of sp³-hybridized carbons (Fsp3) is 0.389. The van der Waals surface area contributed by atoms with Gasteiger partial charge in [0.15, 0.2) is 0 Å². The van der Waals surface area contributed by atoms with Crippen LogP contribution in [0.2, 0.25) is 0 Å².